The first-order valence-corrected chi connectivity index (χ1v) is 8.39. The summed E-state index contributed by atoms with van der Waals surface area (Å²) in [5.74, 6) is -0.395. The highest BCUT2D eigenvalue weighted by Crippen LogP contribution is 2.29. The van der Waals surface area contributed by atoms with Crippen molar-refractivity contribution in [3.63, 3.8) is 0 Å². The molecule has 3 aromatic rings. The standard InChI is InChI=1S/C16H14F3N5OS/c17-16(18,19)9-1-2-10(22-8-9)11-3-4-12(23-11)14(25)24-13(7-20)15-21-5-6-26-15/h1-6,8,13,23H,7,20H2,(H,24,25). The van der Waals surface area contributed by atoms with Crippen molar-refractivity contribution in [1.29, 1.82) is 0 Å². The normalized spacial score (nSPS) is 12.8. The molecule has 0 aromatic carbocycles. The largest absolute Gasteiger partial charge is 0.417 e. The molecule has 0 saturated carbocycles. The van der Waals surface area contributed by atoms with Gasteiger partial charge in [0.05, 0.1) is 23.0 Å². The van der Waals surface area contributed by atoms with Crippen LogP contribution in [-0.2, 0) is 6.18 Å². The highest BCUT2D eigenvalue weighted by atomic mass is 32.1. The number of halogens is 3. The van der Waals surface area contributed by atoms with Gasteiger partial charge in [-0.3, -0.25) is 9.78 Å². The molecule has 0 aliphatic rings. The van der Waals surface area contributed by atoms with Gasteiger partial charge >= 0.3 is 6.18 Å². The van der Waals surface area contributed by atoms with Crippen molar-refractivity contribution in [3.05, 3.63) is 58.3 Å². The number of hydrogen-bond acceptors (Lipinski definition) is 5. The minimum absolute atomic E-state index is 0.188. The highest BCUT2D eigenvalue weighted by molar-refractivity contribution is 7.09. The van der Waals surface area contributed by atoms with E-state index in [9.17, 15) is 18.0 Å². The van der Waals surface area contributed by atoms with Crippen molar-refractivity contribution < 1.29 is 18.0 Å². The van der Waals surface area contributed by atoms with Gasteiger partial charge in [-0.1, -0.05) is 0 Å². The second kappa shape index (κ2) is 7.26. The van der Waals surface area contributed by atoms with Crippen molar-refractivity contribution in [2.45, 2.75) is 12.2 Å². The Hall–Kier alpha value is -2.72. The number of nitrogens with one attached hydrogen (secondary N) is 2. The minimum Gasteiger partial charge on any atom is -0.349 e. The van der Waals surface area contributed by atoms with Crippen LogP contribution in [0.25, 0.3) is 11.4 Å². The first-order chi connectivity index (χ1) is 12.4. The monoisotopic (exact) mass is 381 g/mol. The van der Waals surface area contributed by atoms with E-state index in [0.29, 0.717) is 16.4 Å². The predicted octanol–water partition coefficient (Wildman–Crippen LogP) is 2.98. The Morgan fingerprint density at radius 1 is 1.27 bits per heavy atom. The van der Waals surface area contributed by atoms with Gasteiger partial charge in [-0.15, -0.1) is 11.3 Å². The molecule has 10 heteroatoms. The van der Waals surface area contributed by atoms with Crippen LogP contribution in [0.1, 0.15) is 27.1 Å². The molecule has 0 radical (unpaired) electrons. The van der Waals surface area contributed by atoms with E-state index in [1.807, 2.05) is 0 Å². The van der Waals surface area contributed by atoms with Gasteiger partial charge in [-0.25, -0.2) is 4.98 Å². The Balaban J connectivity index is 1.74. The van der Waals surface area contributed by atoms with Crippen molar-refractivity contribution in [3.8, 4) is 11.4 Å². The summed E-state index contributed by atoms with van der Waals surface area (Å²) >= 11 is 1.38. The second-order valence-electron chi connectivity index (χ2n) is 5.35. The van der Waals surface area contributed by atoms with E-state index in [4.69, 9.17) is 5.73 Å². The number of hydrogen-bond donors (Lipinski definition) is 3. The Labute approximate surface area is 150 Å². The molecule has 1 atom stereocenters. The van der Waals surface area contributed by atoms with E-state index in [1.54, 1.807) is 17.6 Å². The molecule has 3 aromatic heterocycles. The quantitative estimate of drug-likeness (QED) is 0.633. The zero-order valence-electron chi connectivity index (χ0n) is 13.2. The number of carbonyl (C=O) groups excluding carboxylic acids is 1. The van der Waals surface area contributed by atoms with Crippen LogP contribution >= 0.6 is 11.3 Å². The SMILES string of the molecule is NCC(NC(=O)c1ccc(-c2ccc(C(F)(F)F)cn2)[nH]1)c1nccs1. The van der Waals surface area contributed by atoms with Crippen LogP contribution < -0.4 is 11.1 Å². The number of amides is 1. The van der Waals surface area contributed by atoms with E-state index < -0.39 is 23.7 Å². The third kappa shape index (κ3) is 3.92. The molecule has 26 heavy (non-hydrogen) atoms. The van der Waals surface area contributed by atoms with Crippen LogP contribution in [0.2, 0.25) is 0 Å². The molecule has 6 nitrogen and oxygen atoms in total. The average molecular weight is 381 g/mol. The number of nitrogens with two attached hydrogens (primary N) is 1. The van der Waals surface area contributed by atoms with E-state index >= 15 is 0 Å². The Kier molecular flexibility index (Phi) is 5.05. The maximum Gasteiger partial charge on any atom is 0.417 e. The zero-order chi connectivity index (χ0) is 18.7. The molecule has 4 N–H and O–H groups in total. The van der Waals surface area contributed by atoms with Crippen LogP contribution in [0.15, 0.2) is 42.0 Å². The van der Waals surface area contributed by atoms with E-state index in [-0.39, 0.29) is 12.2 Å². The molecule has 0 bridgehead atoms. The lowest BCUT2D eigenvalue weighted by molar-refractivity contribution is -0.137. The summed E-state index contributed by atoms with van der Waals surface area (Å²) in [6, 6.07) is 4.87. The lowest BCUT2D eigenvalue weighted by Gasteiger charge is -2.13. The molecule has 3 heterocycles. The number of pyridine rings is 1. The van der Waals surface area contributed by atoms with Crippen molar-refractivity contribution >= 4 is 17.2 Å². The summed E-state index contributed by atoms with van der Waals surface area (Å²) in [7, 11) is 0. The number of aromatic nitrogens is 3. The highest BCUT2D eigenvalue weighted by Gasteiger charge is 2.30. The van der Waals surface area contributed by atoms with Gasteiger partial charge in [0.15, 0.2) is 0 Å². The third-order valence-electron chi connectivity index (χ3n) is 3.59. The number of nitrogens with zero attached hydrogens (tertiary/aromatic N) is 2. The van der Waals surface area contributed by atoms with Crippen molar-refractivity contribution in [2.75, 3.05) is 6.54 Å². The van der Waals surface area contributed by atoms with Crippen LogP contribution in [0, 0.1) is 0 Å². The maximum atomic E-state index is 12.6. The van der Waals surface area contributed by atoms with Crippen molar-refractivity contribution in [2.24, 2.45) is 5.73 Å². The molecule has 0 fully saturated rings. The fourth-order valence-electron chi connectivity index (χ4n) is 2.26. The van der Waals surface area contributed by atoms with Gasteiger partial charge < -0.3 is 16.0 Å². The summed E-state index contributed by atoms with van der Waals surface area (Å²) in [6.45, 7) is 0.188. The molecule has 3 rings (SSSR count). The fourth-order valence-corrected chi connectivity index (χ4v) is 2.96. The van der Waals surface area contributed by atoms with Crippen LogP contribution in [0.5, 0.6) is 0 Å². The number of rotatable bonds is 5. The van der Waals surface area contributed by atoms with E-state index in [0.717, 1.165) is 12.3 Å². The van der Waals surface area contributed by atoms with Crippen molar-refractivity contribution in [1.82, 2.24) is 20.3 Å². The second-order valence-corrected chi connectivity index (χ2v) is 6.27. The molecule has 136 valence electrons. The smallest absolute Gasteiger partial charge is 0.349 e. The number of aromatic amines is 1. The van der Waals surface area contributed by atoms with Gasteiger partial charge in [-0.2, -0.15) is 13.2 Å². The van der Waals surface area contributed by atoms with Crippen LogP contribution in [-0.4, -0.2) is 27.4 Å². The number of H-pyrrole nitrogens is 1. The Bertz CT molecular complexity index is 874. The molecule has 1 amide bonds. The van der Waals surface area contributed by atoms with Gasteiger partial charge in [-0.05, 0) is 24.3 Å². The lowest BCUT2D eigenvalue weighted by Crippen LogP contribution is -2.33. The molecular weight excluding hydrogens is 367 g/mol. The Morgan fingerprint density at radius 2 is 2.08 bits per heavy atom. The summed E-state index contributed by atoms with van der Waals surface area (Å²) in [4.78, 5) is 23.1. The van der Waals surface area contributed by atoms with Gasteiger partial charge in [0.1, 0.15) is 10.7 Å². The average Bonchev–Trinajstić information content (AvgIpc) is 3.30. The number of carbonyl (C=O) groups is 1. The summed E-state index contributed by atoms with van der Waals surface area (Å²) in [6.07, 6.45) is -2.07. The zero-order valence-corrected chi connectivity index (χ0v) is 14.1. The fraction of sp³-hybridized carbons (Fsp3) is 0.188. The molecular formula is C16H14F3N5OS. The Morgan fingerprint density at radius 3 is 2.65 bits per heavy atom. The van der Waals surface area contributed by atoms with E-state index in [2.05, 4.69) is 20.3 Å². The number of alkyl halides is 3. The third-order valence-corrected chi connectivity index (χ3v) is 4.48. The first kappa shape index (κ1) is 18.1. The predicted molar refractivity (Wildman–Crippen MR) is 90.4 cm³/mol. The lowest BCUT2D eigenvalue weighted by atomic mass is 10.2. The molecule has 1 unspecified atom stereocenters. The van der Waals surface area contributed by atoms with Gasteiger partial charge in [0, 0.05) is 24.3 Å². The summed E-state index contributed by atoms with van der Waals surface area (Å²) in [5, 5.41) is 5.24. The minimum atomic E-state index is -4.45. The molecule has 0 aliphatic carbocycles. The van der Waals surface area contributed by atoms with Gasteiger partial charge in [0.2, 0.25) is 0 Å². The molecule has 0 aliphatic heterocycles. The van der Waals surface area contributed by atoms with E-state index in [1.165, 1.54) is 23.5 Å². The first-order valence-electron chi connectivity index (χ1n) is 7.51. The number of thiazole rings is 1. The summed E-state index contributed by atoms with van der Waals surface area (Å²) in [5.41, 5.74) is 5.82. The summed E-state index contributed by atoms with van der Waals surface area (Å²) < 4.78 is 37.8. The molecule has 0 saturated heterocycles. The van der Waals surface area contributed by atoms with Crippen LogP contribution in [0.3, 0.4) is 0 Å². The topological polar surface area (TPSA) is 96.7 Å². The van der Waals surface area contributed by atoms with Crippen LogP contribution in [0.4, 0.5) is 13.2 Å². The maximum absolute atomic E-state index is 12.6. The van der Waals surface area contributed by atoms with Gasteiger partial charge in [0.25, 0.3) is 5.91 Å². The molecule has 0 spiro atoms.